The Morgan fingerprint density at radius 1 is 0.882 bits per heavy atom. The molecule has 0 N–H and O–H groups in total. The lowest BCUT2D eigenvalue weighted by Crippen LogP contribution is -2.13. The second kappa shape index (κ2) is 13.1. The first-order chi connectivity index (χ1) is 16.4. The van der Waals surface area contributed by atoms with Gasteiger partial charge < -0.3 is 4.74 Å². The molecule has 1 aliphatic carbocycles. The predicted molar refractivity (Wildman–Crippen MR) is 139 cm³/mol. The van der Waals surface area contributed by atoms with E-state index in [4.69, 9.17) is 4.74 Å². The fourth-order valence-corrected chi connectivity index (χ4v) is 4.93. The lowest BCUT2D eigenvalue weighted by atomic mass is 9.78. The van der Waals surface area contributed by atoms with Gasteiger partial charge in [0.15, 0.2) is 17.4 Å². The second-order valence-corrected chi connectivity index (χ2v) is 10.4. The van der Waals surface area contributed by atoms with Crippen LogP contribution in [0.15, 0.2) is 48.6 Å². The summed E-state index contributed by atoms with van der Waals surface area (Å²) in [6.07, 6.45) is 14.6. The van der Waals surface area contributed by atoms with Gasteiger partial charge in [0.25, 0.3) is 0 Å². The third kappa shape index (κ3) is 7.68. The molecule has 1 saturated carbocycles. The number of benzene rings is 2. The van der Waals surface area contributed by atoms with Crippen LogP contribution in [0.5, 0.6) is 5.75 Å². The lowest BCUT2D eigenvalue weighted by molar-refractivity contribution is 0.188. The van der Waals surface area contributed by atoms with Crippen LogP contribution in [0.25, 0.3) is 11.1 Å². The Kier molecular flexibility index (Phi) is 10.2. The molecule has 186 valence electrons. The van der Waals surface area contributed by atoms with Crippen LogP contribution >= 0.6 is 0 Å². The van der Waals surface area contributed by atoms with E-state index >= 15 is 0 Å². The van der Waals surface area contributed by atoms with Crippen molar-refractivity contribution in [2.45, 2.75) is 97.5 Å². The molecular formula is C31H42F2O. The first-order valence-corrected chi connectivity index (χ1v) is 13.3. The summed E-state index contributed by atoms with van der Waals surface area (Å²) < 4.78 is 35.1. The van der Waals surface area contributed by atoms with E-state index in [9.17, 15) is 8.78 Å². The van der Waals surface area contributed by atoms with Crippen molar-refractivity contribution in [3.05, 3.63) is 65.7 Å². The van der Waals surface area contributed by atoms with Gasteiger partial charge in [0.1, 0.15) is 0 Å². The molecule has 0 bridgehead atoms. The first kappa shape index (κ1) is 26.4. The van der Waals surface area contributed by atoms with Crippen molar-refractivity contribution in [2.24, 2.45) is 11.8 Å². The Bertz CT molecular complexity index is 885. The van der Waals surface area contributed by atoms with E-state index in [2.05, 4.69) is 45.1 Å². The number of ether oxygens (including phenoxy) is 1. The average Bonchev–Trinajstić information content (AvgIpc) is 2.83. The molecular weight excluding hydrogens is 426 g/mol. The molecule has 3 rings (SSSR count). The summed E-state index contributed by atoms with van der Waals surface area (Å²) in [5, 5.41) is 0. The van der Waals surface area contributed by atoms with Crippen LogP contribution in [0, 0.1) is 23.5 Å². The molecule has 1 aliphatic rings. The smallest absolute Gasteiger partial charge is 0.191 e. The number of allylic oxidation sites excluding steroid dienone is 2. The van der Waals surface area contributed by atoms with E-state index in [1.165, 1.54) is 49.8 Å². The lowest BCUT2D eigenvalue weighted by Gasteiger charge is -2.27. The van der Waals surface area contributed by atoms with Crippen molar-refractivity contribution >= 4 is 0 Å². The maximum Gasteiger partial charge on any atom is 0.191 e. The minimum absolute atomic E-state index is 0.207. The van der Waals surface area contributed by atoms with Crippen molar-refractivity contribution in [3.8, 4) is 16.9 Å². The van der Waals surface area contributed by atoms with E-state index in [0.29, 0.717) is 23.3 Å². The third-order valence-corrected chi connectivity index (χ3v) is 7.04. The molecule has 0 amide bonds. The molecule has 0 heterocycles. The van der Waals surface area contributed by atoms with Crippen LogP contribution in [-0.2, 0) is 0 Å². The monoisotopic (exact) mass is 468 g/mol. The van der Waals surface area contributed by atoms with Crippen molar-refractivity contribution in [1.29, 1.82) is 0 Å². The third-order valence-electron chi connectivity index (χ3n) is 7.04. The normalized spacial score (nSPS) is 19.6. The average molecular weight is 469 g/mol. The van der Waals surface area contributed by atoms with Crippen LogP contribution in [0.4, 0.5) is 8.78 Å². The zero-order valence-corrected chi connectivity index (χ0v) is 21.5. The minimum Gasteiger partial charge on any atom is -0.485 e. The molecule has 0 radical (unpaired) electrons. The minimum atomic E-state index is -0.632. The quantitative estimate of drug-likeness (QED) is 0.235. The molecule has 1 unspecified atom stereocenters. The molecule has 0 saturated heterocycles. The first-order valence-electron chi connectivity index (χ1n) is 13.3. The SMILES string of the molecule is CCCCCCC(C)Oc1c(F)cc(-c2ccc(C3CCC(/C=C/C(C)C)CC3)cc2)cc1F. The highest BCUT2D eigenvalue weighted by molar-refractivity contribution is 5.65. The van der Waals surface area contributed by atoms with Crippen molar-refractivity contribution in [3.63, 3.8) is 0 Å². The molecule has 1 atom stereocenters. The molecule has 0 aliphatic heterocycles. The predicted octanol–water partition coefficient (Wildman–Crippen LogP) is 9.86. The number of hydrogen-bond acceptors (Lipinski definition) is 1. The Hall–Kier alpha value is -2.16. The van der Waals surface area contributed by atoms with Crippen molar-refractivity contribution < 1.29 is 13.5 Å². The maximum atomic E-state index is 14.7. The topological polar surface area (TPSA) is 9.23 Å². The van der Waals surface area contributed by atoms with Crippen LogP contribution in [-0.4, -0.2) is 6.10 Å². The molecule has 0 spiro atoms. The summed E-state index contributed by atoms with van der Waals surface area (Å²) in [6.45, 7) is 8.49. The van der Waals surface area contributed by atoms with Gasteiger partial charge in [-0.25, -0.2) is 8.78 Å². The van der Waals surface area contributed by atoms with Crippen molar-refractivity contribution in [1.82, 2.24) is 0 Å². The van der Waals surface area contributed by atoms with E-state index in [1.54, 1.807) is 0 Å². The molecule has 3 heteroatoms. The van der Waals surface area contributed by atoms with Crippen molar-refractivity contribution in [2.75, 3.05) is 0 Å². The van der Waals surface area contributed by atoms with Gasteiger partial charge in [0.2, 0.25) is 0 Å². The standard InChI is InChI=1S/C31H42F2O/c1-5-6-7-8-9-23(4)34-31-29(32)20-28(21-30(31)33)27-18-16-26(17-19-27)25-14-12-24(13-15-25)11-10-22(2)3/h10-11,16-25H,5-9,12-15H2,1-4H3/b11-10+. The van der Waals surface area contributed by atoms with E-state index in [-0.39, 0.29) is 11.9 Å². The zero-order chi connectivity index (χ0) is 24.5. The van der Waals surface area contributed by atoms with Crippen LogP contribution < -0.4 is 4.74 Å². The summed E-state index contributed by atoms with van der Waals surface area (Å²) in [5.74, 6) is 0.357. The highest BCUT2D eigenvalue weighted by Crippen LogP contribution is 2.37. The Balaban J connectivity index is 1.60. The zero-order valence-electron chi connectivity index (χ0n) is 21.5. The Morgan fingerprint density at radius 3 is 2.12 bits per heavy atom. The maximum absolute atomic E-state index is 14.7. The fraction of sp³-hybridized carbons (Fsp3) is 0.548. The molecule has 34 heavy (non-hydrogen) atoms. The summed E-state index contributed by atoms with van der Waals surface area (Å²) in [5.41, 5.74) is 2.70. The highest BCUT2D eigenvalue weighted by Gasteiger charge is 2.21. The number of rotatable bonds is 11. The number of unbranched alkanes of at least 4 members (excludes halogenated alkanes) is 3. The summed E-state index contributed by atoms with van der Waals surface area (Å²) in [4.78, 5) is 0. The van der Waals surface area contributed by atoms with Gasteiger partial charge in [-0.2, -0.15) is 0 Å². The largest absolute Gasteiger partial charge is 0.485 e. The van der Waals surface area contributed by atoms with Gasteiger partial charge in [-0.15, -0.1) is 0 Å². The van der Waals surface area contributed by atoms with Gasteiger partial charge in [0.05, 0.1) is 6.10 Å². The van der Waals surface area contributed by atoms with Crippen LogP contribution in [0.1, 0.15) is 97.0 Å². The number of halogens is 2. The number of hydrogen-bond donors (Lipinski definition) is 0. The van der Waals surface area contributed by atoms with Gasteiger partial charge in [-0.05, 0) is 92.0 Å². The molecule has 2 aromatic rings. The Labute approximate surface area is 205 Å². The van der Waals surface area contributed by atoms with Crippen LogP contribution in [0.3, 0.4) is 0 Å². The van der Waals surface area contributed by atoms with E-state index in [0.717, 1.165) is 31.2 Å². The second-order valence-electron chi connectivity index (χ2n) is 10.4. The highest BCUT2D eigenvalue weighted by atomic mass is 19.1. The molecule has 1 nitrogen and oxygen atoms in total. The summed E-state index contributed by atoms with van der Waals surface area (Å²) in [6, 6.07) is 11.0. The van der Waals surface area contributed by atoms with Gasteiger partial charge in [-0.3, -0.25) is 0 Å². The molecule has 1 fully saturated rings. The summed E-state index contributed by atoms with van der Waals surface area (Å²) in [7, 11) is 0. The Morgan fingerprint density at radius 2 is 1.53 bits per heavy atom. The van der Waals surface area contributed by atoms with Gasteiger partial charge in [0, 0.05) is 0 Å². The van der Waals surface area contributed by atoms with Gasteiger partial charge >= 0.3 is 0 Å². The molecule has 2 aromatic carbocycles. The van der Waals surface area contributed by atoms with E-state index < -0.39 is 11.6 Å². The van der Waals surface area contributed by atoms with E-state index in [1.807, 2.05) is 19.1 Å². The molecule has 0 aromatic heterocycles. The van der Waals surface area contributed by atoms with Crippen LogP contribution in [0.2, 0.25) is 0 Å². The van der Waals surface area contributed by atoms with Gasteiger partial charge in [-0.1, -0.05) is 76.5 Å². The summed E-state index contributed by atoms with van der Waals surface area (Å²) >= 11 is 0. The fourth-order valence-electron chi connectivity index (χ4n) is 4.93.